The molecule has 0 bridgehead atoms. The van der Waals surface area contributed by atoms with Crippen LogP contribution in [0.3, 0.4) is 0 Å². The minimum absolute atomic E-state index is 0.0841. The van der Waals surface area contributed by atoms with Crippen molar-refractivity contribution in [1.29, 1.82) is 0 Å². The molecular formula is C18H37O2P. The first kappa shape index (κ1) is 20.8. The number of unbranched alkanes of at least 4 members (excludes halogenated alkanes) is 3. The van der Waals surface area contributed by atoms with E-state index in [1.807, 2.05) is 26.6 Å². The molecule has 3 heteroatoms. The van der Waals surface area contributed by atoms with Crippen LogP contribution in [0.5, 0.6) is 0 Å². The van der Waals surface area contributed by atoms with Gasteiger partial charge in [0.05, 0.1) is 0 Å². The molecule has 0 aromatic rings. The van der Waals surface area contributed by atoms with Gasteiger partial charge >= 0.3 is 5.97 Å². The number of esters is 1. The molecule has 0 saturated heterocycles. The van der Waals surface area contributed by atoms with Crippen molar-refractivity contribution in [2.24, 2.45) is 0 Å². The van der Waals surface area contributed by atoms with Crippen molar-refractivity contribution in [2.45, 2.75) is 85.7 Å². The van der Waals surface area contributed by atoms with E-state index in [9.17, 15) is 4.79 Å². The van der Waals surface area contributed by atoms with Crippen LogP contribution in [0.15, 0.2) is 0 Å². The van der Waals surface area contributed by atoms with Crippen molar-refractivity contribution in [3.63, 3.8) is 0 Å². The molecular weight excluding hydrogens is 279 g/mol. The maximum absolute atomic E-state index is 12.3. The van der Waals surface area contributed by atoms with Gasteiger partial charge in [-0.05, 0) is 58.5 Å². The molecule has 0 heterocycles. The smallest absolute Gasteiger partial charge is 0.331 e. The van der Waals surface area contributed by atoms with E-state index < -0.39 is 6.89 Å². The average Bonchev–Trinajstić information content (AvgIpc) is 2.38. The highest BCUT2D eigenvalue weighted by molar-refractivity contribution is 7.76. The molecule has 0 spiro atoms. The van der Waals surface area contributed by atoms with Crippen LogP contribution in [0.4, 0.5) is 0 Å². The Bertz CT molecular complexity index is 311. The summed E-state index contributed by atoms with van der Waals surface area (Å²) in [7, 11) is 0. The molecule has 21 heavy (non-hydrogen) atoms. The van der Waals surface area contributed by atoms with Gasteiger partial charge in [-0.1, -0.05) is 46.9 Å². The summed E-state index contributed by atoms with van der Waals surface area (Å²) in [6, 6.07) is 0. The second-order valence-corrected chi connectivity index (χ2v) is 11.1. The first-order valence-electron chi connectivity index (χ1n) is 8.73. The lowest BCUT2D eigenvalue weighted by Gasteiger charge is -2.27. The van der Waals surface area contributed by atoms with Gasteiger partial charge in [-0.3, -0.25) is 0 Å². The van der Waals surface area contributed by atoms with Crippen molar-refractivity contribution in [2.75, 3.05) is 18.5 Å². The highest BCUT2D eigenvalue weighted by atomic mass is 31.2. The lowest BCUT2D eigenvalue weighted by atomic mass is 10.2. The van der Waals surface area contributed by atoms with E-state index in [1.165, 1.54) is 57.0 Å². The SMILES string of the molecule is CCCCP(=CC(=O)OC(C)(C)C)(CCCC)CCCC. The van der Waals surface area contributed by atoms with Gasteiger partial charge in [-0.25, -0.2) is 4.79 Å². The van der Waals surface area contributed by atoms with Crippen LogP contribution >= 0.6 is 6.89 Å². The number of hydrogen-bond acceptors (Lipinski definition) is 2. The van der Waals surface area contributed by atoms with E-state index in [1.54, 1.807) is 0 Å². The van der Waals surface area contributed by atoms with Crippen LogP contribution in [0.25, 0.3) is 0 Å². The van der Waals surface area contributed by atoms with Crippen molar-refractivity contribution >= 4 is 18.7 Å². The molecule has 0 rings (SSSR count). The maximum Gasteiger partial charge on any atom is 0.331 e. The molecule has 0 radical (unpaired) electrons. The third-order valence-electron chi connectivity index (χ3n) is 3.66. The summed E-state index contributed by atoms with van der Waals surface area (Å²) in [5.41, 5.74) is -0.385. The second-order valence-electron chi connectivity index (χ2n) is 7.11. The molecule has 0 aromatic carbocycles. The number of carbonyl (C=O) groups is 1. The van der Waals surface area contributed by atoms with E-state index in [4.69, 9.17) is 4.74 Å². The fourth-order valence-corrected chi connectivity index (χ4v) is 6.90. The molecule has 0 atom stereocenters. The lowest BCUT2D eigenvalue weighted by molar-refractivity contribution is -0.145. The van der Waals surface area contributed by atoms with E-state index in [-0.39, 0.29) is 11.6 Å². The second kappa shape index (κ2) is 10.5. The Kier molecular flexibility index (Phi) is 10.4. The van der Waals surface area contributed by atoms with Gasteiger partial charge in [0.2, 0.25) is 0 Å². The van der Waals surface area contributed by atoms with Gasteiger partial charge < -0.3 is 4.74 Å². The predicted octanol–water partition coefficient (Wildman–Crippen LogP) is 5.55. The monoisotopic (exact) mass is 316 g/mol. The van der Waals surface area contributed by atoms with Gasteiger partial charge in [-0.15, -0.1) is 0 Å². The van der Waals surface area contributed by atoms with Gasteiger partial charge in [0, 0.05) is 5.80 Å². The molecule has 0 fully saturated rings. The largest absolute Gasteiger partial charge is 0.457 e. The summed E-state index contributed by atoms with van der Waals surface area (Å²) in [4.78, 5) is 12.3. The average molecular weight is 316 g/mol. The highest BCUT2D eigenvalue weighted by Gasteiger charge is 2.21. The van der Waals surface area contributed by atoms with Crippen LogP contribution in [0.1, 0.15) is 80.1 Å². The third kappa shape index (κ3) is 10.2. The summed E-state index contributed by atoms with van der Waals surface area (Å²) in [5, 5.41) is 0. The van der Waals surface area contributed by atoms with Crippen LogP contribution in [-0.2, 0) is 9.53 Å². The van der Waals surface area contributed by atoms with Gasteiger partial charge in [0.25, 0.3) is 0 Å². The molecule has 0 aromatic heterocycles. The molecule has 0 unspecified atom stereocenters. The number of carbonyl (C=O) groups excluding carboxylic acids is 1. The Hall–Kier alpha value is -0.230. The normalized spacial score (nSPS) is 12.3. The molecule has 0 aliphatic carbocycles. The third-order valence-corrected chi connectivity index (χ3v) is 8.04. The predicted molar refractivity (Wildman–Crippen MR) is 98.2 cm³/mol. The van der Waals surface area contributed by atoms with Crippen molar-refractivity contribution in [1.82, 2.24) is 0 Å². The molecule has 0 aliphatic heterocycles. The first-order chi connectivity index (χ1) is 9.78. The van der Waals surface area contributed by atoms with Gasteiger partial charge in [-0.2, -0.15) is 0 Å². The fraction of sp³-hybridized carbons (Fsp3) is 0.889. The minimum atomic E-state index is -1.29. The zero-order valence-corrected chi connectivity index (χ0v) is 16.1. The molecule has 0 N–H and O–H groups in total. The van der Waals surface area contributed by atoms with Crippen LogP contribution in [0, 0.1) is 0 Å². The molecule has 126 valence electrons. The lowest BCUT2D eigenvalue weighted by Crippen LogP contribution is -2.25. The van der Waals surface area contributed by atoms with Crippen LogP contribution in [-0.4, -0.2) is 35.9 Å². The summed E-state index contributed by atoms with van der Waals surface area (Å²) >= 11 is 0. The number of hydrogen-bond donors (Lipinski definition) is 0. The van der Waals surface area contributed by atoms with Crippen LogP contribution in [0.2, 0.25) is 0 Å². The topological polar surface area (TPSA) is 26.3 Å². The Morgan fingerprint density at radius 2 is 1.29 bits per heavy atom. The zero-order chi connectivity index (χ0) is 16.4. The van der Waals surface area contributed by atoms with E-state index >= 15 is 0 Å². The van der Waals surface area contributed by atoms with E-state index in [0.29, 0.717) is 0 Å². The summed E-state index contributed by atoms with van der Waals surface area (Å²) < 4.78 is 5.57. The Morgan fingerprint density at radius 3 is 1.57 bits per heavy atom. The van der Waals surface area contributed by atoms with Crippen molar-refractivity contribution < 1.29 is 9.53 Å². The van der Waals surface area contributed by atoms with Crippen molar-refractivity contribution in [3.8, 4) is 0 Å². The number of rotatable bonds is 10. The zero-order valence-electron chi connectivity index (χ0n) is 15.2. The first-order valence-corrected chi connectivity index (χ1v) is 11.1. The molecule has 0 saturated carbocycles. The fourth-order valence-electron chi connectivity index (χ4n) is 2.50. The highest BCUT2D eigenvalue weighted by Crippen LogP contribution is 2.49. The molecule has 0 aliphatic rings. The van der Waals surface area contributed by atoms with Crippen LogP contribution < -0.4 is 0 Å². The summed E-state index contributed by atoms with van der Waals surface area (Å²) in [6.45, 7) is 11.3. The Labute approximate surface area is 133 Å². The van der Waals surface area contributed by atoms with Crippen molar-refractivity contribution in [3.05, 3.63) is 0 Å². The van der Waals surface area contributed by atoms with Gasteiger partial charge in [0.15, 0.2) is 0 Å². The summed E-state index contributed by atoms with van der Waals surface area (Å²) in [6.07, 6.45) is 11.0. The Balaban J connectivity index is 5.21. The van der Waals surface area contributed by atoms with E-state index in [2.05, 4.69) is 20.8 Å². The quantitative estimate of drug-likeness (QED) is 0.390. The standard InChI is InChI=1S/C18H37O2P/c1-7-10-13-21(14-11-8-2,15-12-9-3)16-17(19)20-18(4,5)6/h16H,7-15H2,1-6H3. The van der Waals surface area contributed by atoms with E-state index in [0.717, 1.165) is 0 Å². The van der Waals surface area contributed by atoms with Gasteiger partial charge in [0.1, 0.15) is 5.60 Å². The maximum atomic E-state index is 12.3. The minimum Gasteiger partial charge on any atom is -0.457 e. The molecule has 2 nitrogen and oxygen atoms in total. The molecule has 0 amide bonds. The Morgan fingerprint density at radius 1 is 0.905 bits per heavy atom. The number of ether oxygens (including phenoxy) is 1. The summed E-state index contributed by atoms with van der Waals surface area (Å²) in [5.74, 6) is 1.94.